The summed E-state index contributed by atoms with van der Waals surface area (Å²) in [5.74, 6) is 0. The van der Waals surface area contributed by atoms with Crippen molar-refractivity contribution < 1.29 is 4.74 Å². The molecule has 0 spiro atoms. The molecule has 1 aliphatic heterocycles. The number of likely N-dealkylation sites (N-methyl/N-ethyl adjacent to an activating group) is 1. The molecule has 1 unspecified atom stereocenters. The molecule has 0 saturated heterocycles. The molecule has 0 fully saturated rings. The summed E-state index contributed by atoms with van der Waals surface area (Å²) in [5.41, 5.74) is 3.68. The minimum atomic E-state index is 0.202. The van der Waals surface area contributed by atoms with Crippen LogP contribution in [-0.4, -0.2) is 13.7 Å². The van der Waals surface area contributed by atoms with Gasteiger partial charge in [0.1, 0.15) is 0 Å². The van der Waals surface area contributed by atoms with E-state index in [2.05, 4.69) is 18.3 Å². The number of rotatable bonds is 3. The van der Waals surface area contributed by atoms with Crippen molar-refractivity contribution in [1.29, 1.82) is 0 Å². The Morgan fingerprint density at radius 3 is 2.76 bits per heavy atom. The molecule has 1 aliphatic rings. The van der Waals surface area contributed by atoms with Crippen LogP contribution in [-0.2, 0) is 4.74 Å². The molecule has 92 valence electrons. The van der Waals surface area contributed by atoms with E-state index in [0.717, 1.165) is 24.5 Å². The molecule has 0 saturated carbocycles. The highest BCUT2D eigenvalue weighted by Gasteiger charge is 2.17. The van der Waals surface area contributed by atoms with Crippen LogP contribution in [0.1, 0.15) is 30.0 Å². The molecule has 2 nitrogen and oxygen atoms in total. The topological polar surface area (TPSA) is 21.3 Å². The van der Waals surface area contributed by atoms with E-state index in [0.29, 0.717) is 0 Å². The molecule has 1 atom stereocenters. The monoisotopic (exact) mass is 251 g/mol. The fourth-order valence-electron chi connectivity index (χ4n) is 2.29. The molecule has 1 aromatic carbocycles. The Hall–Kier alpha value is -0.990. The van der Waals surface area contributed by atoms with Gasteiger partial charge in [-0.2, -0.15) is 0 Å². The van der Waals surface area contributed by atoms with Crippen LogP contribution in [0.5, 0.6) is 0 Å². The Labute approximate surface area is 108 Å². The summed E-state index contributed by atoms with van der Waals surface area (Å²) in [6, 6.07) is 6.37. The third kappa shape index (κ3) is 3.02. The summed E-state index contributed by atoms with van der Waals surface area (Å²) < 4.78 is 5.41. The van der Waals surface area contributed by atoms with Gasteiger partial charge in [-0.1, -0.05) is 17.7 Å². The minimum absolute atomic E-state index is 0.202. The largest absolute Gasteiger partial charge is 0.501 e. The van der Waals surface area contributed by atoms with E-state index >= 15 is 0 Å². The first kappa shape index (κ1) is 12.5. The predicted octanol–water partition coefficient (Wildman–Crippen LogP) is 3.60. The number of nitrogens with one attached hydrogen (secondary N) is 1. The highest BCUT2D eigenvalue weighted by Crippen LogP contribution is 2.29. The molecule has 1 heterocycles. The van der Waals surface area contributed by atoms with Crippen LogP contribution >= 0.6 is 11.6 Å². The molecule has 0 bridgehead atoms. The Balaban J connectivity index is 2.31. The number of aryl methyl sites for hydroxylation is 1. The maximum absolute atomic E-state index is 6.11. The predicted molar refractivity (Wildman–Crippen MR) is 71.3 cm³/mol. The maximum atomic E-state index is 6.11. The number of ether oxygens (including phenoxy) is 1. The first-order valence-corrected chi connectivity index (χ1v) is 6.33. The molecule has 17 heavy (non-hydrogen) atoms. The second kappa shape index (κ2) is 5.56. The zero-order valence-electron chi connectivity index (χ0n) is 10.3. The van der Waals surface area contributed by atoms with Gasteiger partial charge in [-0.15, -0.1) is 0 Å². The first-order valence-electron chi connectivity index (χ1n) is 5.95. The zero-order valence-corrected chi connectivity index (χ0v) is 11.1. The minimum Gasteiger partial charge on any atom is -0.501 e. The van der Waals surface area contributed by atoms with Crippen molar-refractivity contribution >= 4 is 11.6 Å². The quantitative estimate of drug-likeness (QED) is 0.886. The van der Waals surface area contributed by atoms with E-state index in [9.17, 15) is 0 Å². The van der Waals surface area contributed by atoms with Crippen LogP contribution < -0.4 is 5.32 Å². The summed E-state index contributed by atoms with van der Waals surface area (Å²) in [6.07, 6.45) is 4.06. The molecule has 0 aliphatic carbocycles. The third-order valence-electron chi connectivity index (χ3n) is 3.02. The lowest BCUT2D eigenvalue weighted by atomic mass is 9.94. The van der Waals surface area contributed by atoms with Gasteiger partial charge in [0.05, 0.1) is 18.9 Å². The van der Waals surface area contributed by atoms with Crippen LogP contribution in [0.15, 0.2) is 30.0 Å². The summed E-state index contributed by atoms with van der Waals surface area (Å²) in [6.45, 7) is 2.89. The number of benzene rings is 1. The van der Waals surface area contributed by atoms with Gasteiger partial charge >= 0.3 is 0 Å². The Morgan fingerprint density at radius 2 is 2.18 bits per heavy atom. The maximum Gasteiger partial charge on any atom is 0.0876 e. The van der Waals surface area contributed by atoms with Crippen molar-refractivity contribution in [3.05, 3.63) is 46.2 Å². The number of hydrogen-bond donors (Lipinski definition) is 1. The van der Waals surface area contributed by atoms with Crippen molar-refractivity contribution in [2.24, 2.45) is 0 Å². The average Bonchev–Trinajstić information content (AvgIpc) is 2.30. The van der Waals surface area contributed by atoms with Gasteiger partial charge in [-0.05, 0) is 55.6 Å². The smallest absolute Gasteiger partial charge is 0.0876 e. The van der Waals surface area contributed by atoms with Crippen LogP contribution in [0.25, 0.3) is 0 Å². The van der Waals surface area contributed by atoms with Gasteiger partial charge in [0.25, 0.3) is 0 Å². The third-order valence-corrected chi connectivity index (χ3v) is 3.24. The number of halogens is 1. The lowest BCUT2D eigenvalue weighted by Gasteiger charge is -2.23. The van der Waals surface area contributed by atoms with Crippen LogP contribution in [0, 0.1) is 6.92 Å². The van der Waals surface area contributed by atoms with Crippen molar-refractivity contribution in [1.82, 2.24) is 5.32 Å². The molecule has 3 heteroatoms. The summed E-state index contributed by atoms with van der Waals surface area (Å²) in [5, 5.41) is 4.12. The van der Waals surface area contributed by atoms with Crippen molar-refractivity contribution in [3.63, 3.8) is 0 Å². The lowest BCUT2D eigenvalue weighted by molar-refractivity contribution is 0.220. The van der Waals surface area contributed by atoms with Crippen LogP contribution in [0.3, 0.4) is 0 Å². The van der Waals surface area contributed by atoms with Gasteiger partial charge in [-0.3, -0.25) is 0 Å². The molecule has 2 rings (SSSR count). The second-order valence-corrected chi connectivity index (χ2v) is 4.89. The van der Waals surface area contributed by atoms with E-state index in [-0.39, 0.29) is 6.04 Å². The van der Waals surface area contributed by atoms with Crippen molar-refractivity contribution in [3.8, 4) is 0 Å². The highest BCUT2D eigenvalue weighted by atomic mass is 35.5. The van der Waals surface area contributed by atoms with E-state index in [1.165, 1.54) is 16.7 Å². The molecule has 1 N–H and O–H groups in total. The molecular weight excluding hydrogens is 234 g/mol. The lowest BCUT2D eigenvalue weighted by Crippen LogP contribution is -2.20. The van der Waals surface area contributed by atoms with E-state index in [1.807, 2.05) is 25.4 Å². The fourth-order valence-corrected chi connectivity index (χ4v) is 2.59. The Bertz CT molecular complexity index is 408. The summed E-state index contributed by atoms with van der Waals surface area (Å²) in [4.78, 5) is 0. The Kier molecular flexibility index (Phi) is 4.08. The number of hydrogen-bond acceptors (Lipinski definition) is 2. The van der Waals surface area contributed by atoms with Crippen LogP contribution in [0.2, 0.25) is 5.02 Å². The van der Waals surface area contributed by atoms with Gasteiger partial charge in [-0.25, -0.2) is 0 Å². The van der Waals surface area contributed by atoms with Gasteiger partial charge in [0.2, 0.25) is 0 Å². The van der Waals surface area contributed by atoms with E-state index in [1.54, 1.807) is 0 Å². The van der Waals surface area contributed by atoms with Crippen LogP contribution in [0.4, 0.5) is 0 Å². The van der Waals surface area contributed by atoms with Crippen molar-refractivity contribution in [2.45, 2.75) is 25.8 Å². The van der Waals surface area contributed by atoms with Crippen molar-refractivity contribution in [2.75, 3.05) is 13.7 Å². The average molecular weight is 252 g/mol. The van der Waals surface area contributed by atoms with E-state index < -0.39 is 0 Å². The molecular formula is C14H18ClNO. The second-order valence-electron chi connectivity index (χ2n) is 4.45. The summed E-state index contributed by atoms with van der Waals surface area (Å²) >= 11 is 6.11. The van der Waals surface area contributed by atoms with Gasteiger partial charge < -0.3 is 10.1 Å². The normalized spacial score (nSPS) is 17.2. The SMILES string of the molecule is CNC(C1=COCCC1)c1cc(C)cc(Cl)c1. The Morgan fingerprint density at radius 1 is 1.35 bits per heavy atom. The fraction of sp³-hybridized carbons (Fsp3) is 0.429. The zero-order chi connectivity index (χ0) is 12.3. The molecule has 1 aromatic rings. The molecule has 0 aromatic heterocycles. The summed E-state index contributed by atoms with van der Waals surface area (Å²) in [7, 11) is 1.97. The molecule has 0 radical (unpaired) electrons. The highest BCUT2D eigenvalue weighted by molar-refractivity contribution is 6.30. The first-order chi connectivity index (χ1) is 8.20. The standard InChI is InChI=1S/C14H18ClNO/c1-10-6-12(8-13(15)7-10)14(16-2)11-4-3-5-17-9-11/h6-9,14,16H,3-5H2,1-2H3. The van der Waals surface area contributed by atoms with Gasteiger partial charge in [0.15, 0.2) is 0 Å². The molecule has 0 amide bonds. The van der Waals surface area contributed by atoms with E-state index in [4.69, 9.17) is 16.3 Å². The van der Waals surface area contributed by atoms with Gasteiger partial charge in [0, 0.05) is 5.02 Å².